The normalized spacial score (nSPS) is 12.1. The number of carbonyl (C=O) groups excluding carboxylic acids is 3. The van der Waals surface area contributed by atoms with E-state index in [1.54, 1.807) is 0 Å². The van der Waals surface area contributed by atoms with E-state index in [2.05, 4.69) is 62.5 Å². The van der Waals surface area contributed by atoms with Gasteiger partial charge in [-0.25, -0.2) is 4.90 Å². The molecule has 0 atom stereocenters. The SMILES string of the molecule is CCCCC/C=C\C/C=C\CCCCCCCC(=O)N(C(=O)CCCCCCC/C=C\C/C=C\CCCCC)C(=O)CCCN(C)C. The summed E-state index contributed by atoms with van der Waals surface area (Å²) >= 11 is 0. The first-order chi connectivity index (χ1) is 22.9. The fourth-order valence-corrected chi connectivity index (χ4v) is 5.47. The van der Waals surface area contributed by atoms with Crippen molar-refractivity contribution in [2.24, 2.45) is 0 Å². The van der Waals surface area contributed by atoms with E-state index in [0.29, 0.717) is 6.42 Å². The molecule has 0 heterocycles. The second-order valence-electron chi connectivity index (χ2n) is 13.4. The first kappa shape index (κ1) is 44.7. The first-order valence-corrected chi connectivity index (χ1v) is 19.6. The van der Waals surface area contributed by atoms with Crippen molar-refractivity contribution in [3.8, 4) is 0 Å². The van der Waals surface area contributed by atoms with Crippen molar-refractivity contribution in [1.82, 2.24) is 9.80 Å². The molecule has 0 fully saturated rings. The number of amides is 3. The van der Waals surface area contributed by atoms with Crippen molar-refractivity contribution in [2.45, 2.75) is 181 Å². The van der Waals surface area contributed by atoms with Crippen LogP contribution in [0.1, 0.15) is 181 Å². The lowest BCUT2D eigenvalue weighted by atomic mass is 10.1. The average molecular weight is 655 g/mol. The molecule has 0 aromatic heterocycles. The van der Waals surface area contributed by atoms with E-state index in [9.17, 15) is 14.4 Å². The van der Waals surface area contributed by atoms with Gasteiger partial charge in [-0.1, -0.05) is 127 Å². The van der Waals surface area contributed by atoms with Crippen LogP contribution in [-0.4, -0.2) is 48.2 Å². The molecule has 0 bridgehead atoms. The molecule has 0 unspecified atom stereocenters. The highest BCUT2D eigenvalue weighted by Gasteiger charge is 2.27. The van der Waals surface area contributed by atoms with E-state index in [4.69, 9.17) is 0 Å². The highest BCUT2D eigenvalue weighted by molar-refractivity contribution is 6.10. The van der Waals surface area contributed by atoms with Crippen molar-refractivity contribution in [3.05, 3.63) is 48.6 Å². The van der Waals surface area contributed by atoms with Crippen LogP contribution in [0.4, 0.5) is 0 Å². The maximum Gasteiger partial charge on any atom is 0.236 e. The summed E-state index contributed by atoms with van der Waals surface area (Å²) in [4.78, 5) is 42.1. The largest absolute Gasteiger partial charge is 0.309 e. The molecular weight excluding hydrogens is 580 g/mol. The van der Waals surface area contributed by atoms with Crippen LogP contribution in [0.15, 0.2) is 48.6 Å². The summed E-state index contributed by atoms with van der Waals surface area (Å²) in [6, 6.07) is 0. The standard InChI is InChI=1S/C42H74N2O3/c1-5-7-9-11-13-15-17-19-21-23-25-27-29-31-33-36-40(45)44(42(47)38-35-39-43(3)4)41(46)37-34-32-30-28-26-24-22-20-18-16-14-12-10-8-6-2/h13-16,19-22H,5-12,17-18,23-39H2,1-4H3/b15-13-,16-14-,21-19-,22-20-. The van der Waals surface area contributed by atoms with Crippen LogP contribution in [0.5, 0.6) is 0 Å². The minimum Gasteiger partial charge on any atom is -0.309 e. The molecule has 0 radical (unpaired) electrons. The maximum atomic E-state index is 13.1. The minimum absolute atomic E-state index is 0.236. The summed E-state index contributed by atoms with van der Waals surface area (Å²) in [5.74, 6) is -0.941. The van der Waals surface area contributed by atoms with E-state index in [-0.39, 0.29) is 37.0 Å². The van der Waals surface area contributed by atoms with Gasteiger partial charge in [0.2, 0.25) is 17.7 Å². The van der Waals surface area contributed by atoms with Crippen LogP contribution >= 0.6 is 0 Å². The highest BCUT2D eigenvalue weighted by atomic mass is 16.2. The third-order valence-corrected chi connectivity index (χ3v) is 8.43. The summed E-state index contributed by atoms with van der Waals surface area (Å²) in [7, 11) is 3.93. The Morgan fingerprint density at radius 1 is 0.404 bits per heavy atom. The maximum absolute atomic E-state index is 13.1. The van der Waals surface area contributed by atoms with Crippen molar-refractivity contribution in [1.29, 1.82) is 0 Å². The number of carbonyl (C=O) groups is 3. The zero-order valence-electron chi connectivity index (χ0n) is 31.3. The molecular formula is C42H74N2O3. The number of allylic oxidation sites excluding steroid dienone is 8. The van der Waals surface area contributed by atoms with Gasteiger partial charge in [-0.05, 0) is 104 Å². The molecule has 0 aliphatic carbocycles. The number of unbranched alkanes of at least 4 members (excludes halogenated alkanes) is 16. The zero-order chi connectivity index (χ0) is 34.6. The van der Waals surface area contributed by atoms with E-state index in [0.717, 1.165) is 101 Å². The molecule has 0 rings (SSSR count). The molecule has 270 valence electrons. The molecule has 0 saturated heterocycles. The Bertz CT molecular complexity index is 813. The fourth-order valence-electron chi connectivity index (χ4n) is 5.47. The third-order valence-electron chi connectivity index (χ3n) is 8.43. The van der Waals surface area contributed by atoms with Crippen molar-refractivity contribution >= 4 is 17.7 Å². The second kappa shape index (κ2) is 35.0. The van der Waals surface area contributed by atoms with Gasteiger partial charge >= 0.3 is 0 Å². The molecule has 0 aromatic carbocycles. The zero-order valence-corrected chi connectivity index (χ0v) is 31.3. The van der Waals surface area contributed by atoms with E-state index >= 15 is 0 Å². The number of hydrogen-bond acceptors (Lipinski definition) is 4. The molecule has 0 saturated carbocycles. The highest BCUT2D eigenvalue weighted by Crippen LogP contribution is 2.14. The molecule has 0 N–H and O–H groups in total. The summed E-state index contributed by atoms with van der Waals surface area (Å²) in [5, 5.41) is 0. The number of hydrogen-bond donors (Lipinski definition) is 0. The van der Waals surface area contributed by atoms with Crippen LogP contribution in [0.3, 0.4) is 0 Å². The monoisotopic (exact) mass is 655 g/mol. The molecule has 5 nitrogen and oxygen atoms in total. The van der Waals surface area contributed by atoms with E-state index in [1.165, 1.54) is 51.4 Å². The van der Waals surface area contributed by atoms with Gasteiger partial charge in [-0.2, -0.15) is 0 Å². The summed E-state index contributed by atoms with van der Waals surface area (Å²) in [6.45, 7) is 5.23. The van der Waals surface area contributed by atoms with Crippen LogP contribution in [0.25, 0.3) is 0 Å². The van der Waals surface area contributed by atoms with Gasteiger partial charge in [0.15, 0.2) is 0 Å². The van der Waals surface area contributed by atoms with Crippen LogP contribution in [-0.2, 0) is 14.4 Å². The van der Waals surface area contributed by atoms with Gasteiger partial charge in [0.1, 0.15) is 0 Å². The van der Waals surface area contributed by atoms with Gasteiger partial charge in [0, 0.05) is 19.3 Å². The Morgan fingerprint density at radius 3 is 1.09 bits per heavy atom. The van der Waals surface area contributed by atoms with Gasteiger partial charge in [0.05, 0.1) is 0 Å². The fraction of sp³-hybridized carbons (Fsp3) is 0.738. The van der Waals surface area contributed by atoms with Crippen molar-refractivity contribution in [2.75, 3.05) is 20.6 Å². The van der Waals surface area contributed by atoms with Gasteiger partial charge < -0.3 is 4.90 Å². The Balaban J connectivity index is 4.29. The Kier molecular flexibility index (Phi) is 33.4. The molecule has 47 heavy (non-hydrogen) atoms. The Hall–Kier alpha value is -2.27. The Labute approximate surface area is 291 Å². The van der Waals surface area contributed by atoms with Gasteiger partial charge in [-0.15, -0.1) is 0 Å². The lowest BCUT2D eigenvalue weighted by Crippen LogP contribution is -2.41. The van der Waals surface area contributed by atoms with Crippen LogP contribution < -0.4 is 0 Å². The summed E-state index contributed by atoms with van der Waals surface area (Å²) < 4.78 is 0. The van der Waals surface area contributed by atoms with E-state index in [1.807, 2.05) is 19.0 Å². The number of nitrogens with zero attached hydrogens (tertiary/aromatic N) is 2. The van der Waals surface area contributed by atoms with Crippen molar-refractivity contribution < 1.29 is 14.4 Å². The van der Waals surface area contributed by atoms with E-state index < -0.39 is 0 Å². The molecule has 3 amide bonds. The predicted molar refractivity (Wildman–Crippen MR) is 203 cm³/mol. The van der Waals surface area contributed by atoms with Gasteiger partial charge in [0.25, 0.3) is 0 Å². The summed E-state index contributed by atoms with van der Waals surface area (Å²) in [6.07, 6.45) is 44.2. The lowest BCUT2D eigenvalue weighted by molar-refractivity contribution is -0.154. The first-order valence-electron chi connectivity index (χ1n) is 19.6. The number of rotatable bonds is 32. The Morgan fingerprint density at radius 2 is 0.723 bits per heavy atom. The third kappa shape index (κ3) is 30.8. The lowest BCUT2D eigenvalue weighted by Gasteiger charge is -2.20. The molecule has 0 aliphatic rings. The second-order valence-corrected chi connectivity index (χ2v) is 13.4. The van der Waals surface area contributed by atoms with Gasteiger partial charge in [-0.3, -0.25) is 14.4 Å². The van der Waals surface area contributed by atoms with Crippen LogP contribution in [0, 0.1) is 0 Å². The molecule has 0 spiro atoms. The molecule has 0 aromatic rings. The smallest absolute Gasteiger partial charge is 0.236 e. The minimum atomic E-state index is -0.327. The van der Waals surface area contributed by atoms with Crippen LogP contribution in [0.2, 0.25) is 0 Å². The molecule has 5 heteroatoms. The van der Waals surface area contributed by atoms with Crippen molar-refractivity contribution in [3.63, 3.8) is 0 Å². The quantitative estimate of drug-likeness (QED) is 0.0535. The molecule has 0 aliphatic heterocycles. The predicted octanol–water partition coefficient (Wildman–Crippen LogP) is 11.8. The summed E-state index contributed by atoms with van der Waals surface area (Å²) in [5.41, 5.74) is 0. The number of imide groups is 3. The topological polar surface area (TPSA) is 57.7 Å². The average Bonchev–Trinajstić information content (AvgIpc) is 3.04.